The van der Waals surface area contributed by atoms with Crippen LogP contribution < -0.4 is 5.32 Å². The normalized spacial score (nSPS) is 19.1. The highest BCUT2D eigenvalue weighted by Crippen LogP contribution is 2.15. The molecular weight excluding hydrogens is 282 g/mol. The van der Waals surface area contributed by atoms with Crippen molar-refractivity contribution in [2.75, 3.05) is 33.2 Å². The highest BCUT2D eigenvalue weighted by molar-refractivity contribution is 5.73. The van der Waals surface area contributed by atoms with Crippen LogP contribution in [0.5, 0.6) is 0 Å². The van der Waals surface area contributed by atoms with Gasteiger partial charge in [-0.15, -0.1) is 10.2 Å². The SMILES string of the molecule is CCc1nnc(CN(C)C(=O)NC[C@@H]2CCCN(CC)C2)o1. The Morgan fingerprint density at radius 2 is 2.18 bits per heavy atom. The predicted molar refractivity (Wildman–Crippen MR) is 83.4 cm³/mol. The second-order valence-electron chi connectivity index (χ2n) is 5.89. The Morgan fingerprint density at radius 1 is 1.41 bits per heavy atom. The van der Waals surface area contributed by atoms with Gasteiger partial charge >= 0.3 is 6.03 Å². The number of urea groups is 1. The van der Waals surface area contributed by atoms with Gasteiger partial charge in [0.05, 0.1) is 0 Å². The summed E-state index contributed by atoms with van der Waals surface area (Å²) in [5, 5.41) is 10.8. The van der Waals surface area contributed by atoms with Crippen LogP contribution in [-0.4, -0.2) is 59.3 Å². The van der Waals surface area contributed by atoms with Gasteiger partial charge in [0.25, 0.3) is 0 Å². The van der Waals surface area contributed by atoms with E-state index in [-0.39, 0.29) is 6.03 Å². The van der Waals surface area contributed by atoms with Crippen LogP contribution >= 0.6 is 0 Å². The van der Waals surface area contributed by atoms with E-state index in [2.05, 4.69) is 27.3 Å². The maximum atomic E-state index is 12.1. The molecule has 2 amide bonds. The molecular formula is C15H27N5O2. The topological polar surface area (TPSA) is 74.5 Å². The number of hydrogen-bond acceptors (Lipinski definition) is 5. The van der Waals surface area contributed by atoms with Crippen LogP contribution in [0.4, 0.5) is 4.79 Å². The lowest BCUT2D eigenvalue weighted by atomic mass is 9.98. The van der Waals surface area contributed by atoms with Gasteiger partial charge in [-0.1, -0.05) is 13.8 Å². The van der Waals surface area contributed by atoms with Gasteiger partial charge in [0.1, 0.15) is 6.54 Å². The summed E-state index contributed by atoms with van der Waals surface area (Å²) in [5.74, 6) is 1.62. The van der Waals surface area contributed by atoms with Gasteiger partial charge in [0.15, 0.2) is 0 Å². The Balaban J connectivity index is 1.74. The van der Waals surface area contributed by atoms with Gasteiger partial charge in [0, 0.05) is 26.6 Å². The summed E-state index contributed by atoms with van der Waals surface area (Å²) in [7, 11) is 1.74. The van der Waals surface area contributed by atoms with Gasteiger partial charge in [-0.3, -0.25) is 0 Å². The molecule has 1 aliphatic heterocycles. The minimum absolute atomic E-state index is 0.0927. The van der Waals surface area contributed by atoms with Gasteiger partial charge < -0.3 is 19.5 Å². The van der Waals surface area contributed by atoms with E-state index in [4.69, 9.17) is 4.42 Å². The van der Waals surface area contributed by atoms with E-state index >= 15 is 0 Å². The van der Waals surface area contributed by atoms with E-state index in [1.165, 1.54) is 19.4 Å². The molecule has 22 heavy (non-hydrogen) atoms. The van der Waals surface area contributed by atoms with Gasteiger partial charge in [0.2, 0.25) is 11.8 Å². The molecule has 7 nitrogen and oxygen atoms in total. The number of carbonyl (C=O) groups excluding carboxylic acids is 1. The molecule has 2 heterocycles. The highest BCUT2D eigenvalue weighted by Gasteiger charge is 2.20. The minimum Gasteiger partial charge on any atom is -0.423 e. The molecule has 0 bridgehead atoms. The third kappa shape index (κ3) is 4.69. The first-order valence-corrected chi connectivity index (χ1v) is 8.14. The van der Waals surface area contributed by atoms with E-state index in [1.54, 1.807) is 11.9 Å². The second-order valence-corrected chi connectivity index (χ2v) is 5.89. The molecule has 1 aromatic heterocycles. The molecule has 1 aromatic rings. The summed E-state index contributed by atoms with van der Waals surface area (Å²) in [5.41, 5.74) is 0. The summed E-state index contributed by atoms with van der Waals surface area (Å²) in [6.45, 7) is 8.54. The zero-order chi connectivity index (χ0) is 15.9. The third-order valence-corrected chi connectivity index (χ3v) is 4.12. The third-order valence-electron chi connectivity index (χ3n) is 4.12. The number of hydrogen-bond donors (Lipinski definition) is 1. The smallest absolute Gasteiger partial charge is 0.317 e. The number of aryl methyl sites for hydroxylation is 1. The van der Waals surface area contributed by atoms with E-state index in [0.29, 0.717) is 30.7 Å². The quantitative estimate of drug-likeness (QED) is 0.862. The average Bonchev–Trinajstić information content (AvgIpc) is 3.00. The molecule has 0 aliphatic carbocycles. The molecule has 0 unspecified atom stereocenters. The summed E-state index contributed by atoms with van der Waals surface area (Å²) in [6, 6.07) is -0.0927. The van der Waals surface area contributed by atoms with Crippen molar-refractivity contribution in [3.8, 4) is 0 Å². The molecule has 1 atom stereocenters. The molecule has 1 fully saturated rings. The van der Waals surface area contributed by atoms with Crippen molar-refractivity contribution < 1.29 is 9.21 Å². The molecule has 0 saturated carbocycles. The lowest BCUT2D eigenvalue weighted by Crippen LogP contribution is -2.44. The number of carbonyl (C=O) groups is 1. The van der Waals surface area contributed by atoms with E-state index in [9.17, 15) is 4.79 Å². The molecule has 0 radical (unpaired) electrons. The van der Waals surface area contributed by atoms with E-state index in [1.807, 2.05) is 6.92 Å². The molecule has 1 saturated heterocycles. The first-order valence-electron chi connectivity index (χ1n) is 8.14. The molecule has 7 heteroatoms. The molecule has 2 rings (SSSR count). The van der Waals surface area contributed by atoms with Gasteiger partial charge in [-0.2, -0.15) is 0 Å². The maximum Gasteiger partial charge on any atom is 0.317 e. The Labute approximate surface area is 132 Å². The lowest BCUT2D eigenvalue weighted by Gasteiger charge is -2.32. The lowest BCUT2D eigenvalue weighted by molar-refractivity contribution is 0.171. The summed E-state index contributed by atoms with van der Waals surface area (Å²) in [4.78, 5) is 16.1. The van der Waals surface area contributed by atoms with Crippen LogP contribution in [-0.2, 0) is 13.0 Å². The number of piperidine rings is 1. The zero-order valence-electron chi connectivity index (χ0n) is 13.8. The van der Waals surface area contributed by atoms with Crippen molar-refractivity contribution >= 4 is 6.03 Å². The Kier molecular flexibility index (Phi) is 6.18. The van der Waals surface area contributed by atoms with Gasteiger partial charge in [-0.25, -0.2) is 4.79 Å². The number of likely N-dealkylation sites (tertiary alicyclic amines) is 1. The standard InChI is InChI=1S/C15H27N5O2/c1-4-13-17-18-14(22-13)11-19(3)15(21)16-9-12-7-6-8-20(5-2)10-12/h12H,4-11H2,1-3H3,(H,16,21)/t12-/m0/s1. The van der Waals surface area contributed by atoms with Crippen molar-refractivity contribution in [1.29, 1.82) is 0 Å². The summed E-state index contributed by atoms with van der Waals surface area (Å²) < 4.78 is 5.43. The minimum atomic E-state index is -0.0927. The fourth-order valence-electron chi connectivity index (χ4n) is 2.74. The molecule has 1 aliphatic rings. The first kappa shape index (κ1) is 16.7. The zero-order valence-corrected chi connectivity index (χ0v) is 13.8. The predicted octanol–water partition coefficient (Wildman–Crippen LogP) is 1.51. The van der Waals surface area contributed by atoms with Crippen LogP contribution in [0.1, 0.15) is 38.5 Å². The van der Waals surface area contributed by atoms with Crippen molar-refractivity contribution in [1.82, 2.24) is 25.3 Å². The van der Waals surface area contributed by atoms with Crippen molar-refractivity contribution in [2.45, 2.75) is 39.7 Å². The second kappa shape index (κ2) is 8.12. The van der Waals surface area contributed by atoms with Crippen molar-refractivity contribution in [2.24, 2.45) is 5.92 Å². The van der Waals surface area contributed by atoms with Crippen LogP contribution in [0.3, 0.4) is 0 Å². The number of aromatic nitrogens is 2. The highest BCUT2D eigenvalue weighted by atomic mass is 16.4. The van der Waals surface area contributed by atoms with Crippen molar-refractivity contribution in [3.05, 3.63) is 11.8 Å². The fourth-order valence-corrected chi connectivity index (χ4v) is 2.74. The Morgan fingerprint density at radius 3 is 2.86 bits per heavy atom. The monoisotopic (exact) mass is 309 g/mol. The number of nitrogens with one attached hydrogen (secondary N) is 1. The Hall–Kier alpha value is -1.63. The number of amides is 2. The average molecular weight is 309 g/mol. The van der Waals surface area contributed by atoms with E-state index < -0.39 is 0 Å². The first-order chi connectivity index (χ1) is 10.6. The number of nitrogens with zero attached hydrogens (tertiary/aromatic N) is 4. The van der Waals surface area contributed by atoms with Crippen LogP contribution in [0.15, 0.2) is 4.42 Å². The van der Waals surface area contributed by atoms with Crippen LogP contribution in [0, 0.1) is 5.92 Å². The van der Waals surface area contributed by atoms with Crippen LogP contribution in [0.25, 0.3) is 0 Å². The molecule has 0 aromatic carbocycles. The largest absolute Gasteiger partial charge is 0.423 e. The maximum absolute atomic E-state index is 12.1. The Bertz CT molecular complexity index is 476. The van der Waals surface area contributed by atoms with Crippen molar-refractivity contribution in [3.63, 3.8) is 0 Å². The summed E-state index contributed by atoms with van der Waals surface area (Å²) in [6.07, 6.45) is 3.11. The molecule has 0 spiro atoms. The summed E-state index contributed by atoms with van der Waals surface area (Å²) >= 11 is 0. The van der Waals surface area contributed by atoms with Crippen LogP contribution in [0.2, 0.25) is 0 Å². The fraction of sp³-hybridized carbons (Fsp3) is 0.800. The number of rotatable bonds is 6. The van der Waals surface area contributed by atoms with Gasteiger partial charge in [-0.05, 0) is 31.8 Å². The molecule has 1 N–H and O–H groups in total. The molecule has 124 valence electrons. The van der Waals surface area contributed by atoms with E-state index in [0.717, 1.165) is 19.6 Å².